The second-order valence-corrected chi connectivity index (χ2v) is 7.32. The first kappa shape index (κ1) is 15.6. The molecule has 2 aromatic rings. The molecule has 0 saturated heterocycles. The summed E-state index contributed by atoms with van der Waals surface area (Å²) in [5.74, 6) is 0.681. The van der Waals surface area contributed by atoms with Crippen LogP contribution >= 0.6 is 31.9 Å². The van der Waals surface area contributed by atoms with Gasteiger partial charge in [-0.2, -0.15) is 0 Å². The molecule has 1 aromatic heterocycles. The SMILES string of the molecule is CNS(=O)(=O)c1ccccc1NCc1cc(Br)c(Br)o1. The number of rotatable bonds is 5. The number of sulfonamides is 1. The van der Waals surface area contributed by atoms with Gasteiger partial charge >= 0.3 is 0 Å². The number of anilines is 1. The highest BCUT2D eigenvalue weighted by Gasteiger charge is 2.16. The van der Waals surface area contributed by atoms with Crippen LogP contribution in [0.3, 0.4) is 0 Å². The summed E-state index contributed by atoms with van der Waals surface area (Å²) in [6.45, 7) is 0.375. The number of benzene rings is 1. The lowest BCUT2D eigenvalue weighted by Crippen LogP contribution is -2.20. The van der Waals surface area contributed by atoms with E-state index in [1.807, 2.05) is 6.07 Å². The molecule has 5 nitrogen and oxygen atoms in total. The molecule has 1 heterocycles. The van der Waals surface area contributed by atoms with Gasteiger partial charge in [0.05, 0.1) is 16.7 Å². The van der Waals surface area contributed by atoms with Crippen molar-refractivity contribution < 1.29 is 12.8 Å². The van der Waals surface area contributed by atoms with Crippen LogP contribution in [0.5, 0.6) is 0 Å². The molecule has 1 aromatic carbocycles. The molecule has 2 rings (SSSR count). The van der Waals surface area contributed by atoms with Gasteiger partial charge in [-0.05, 0) is 57.1 Å². The van der Waals surface area contributed by atoms with E-state index in [-0.39, 0.29) is 4.90 Å². The average Bonchev–Trinajstić information content (AvgIpc) is 2.76. The van der Waals surface area contributed by atoms with Crippen molar-refractivity contribution in [2.45, 2.75) is 11.4 Å². The van der Waals surface area contributed by atoms with E-state index in [4.69, 9.17) is 4.42 Å². The molecule has 0 unspecified atom stereocenters. The van der Waals surface area contributed by atoms with Gasteiger partial charge in [0.1, 0.15) is 10.7 Å². The van der Waals surface area contributed by atoms with Crippen molar-refractivity contribution in [3.05, 3.63) is 45.2 Å². The molecule has 0 radical (unpaired) electrons. The zero-order valence-corrected chi connectivity index (χ0v) is 14.5. The van der Waals surface area contributed by atoms with E-state index in [1.54, 1.807) is 24.3 Å². The summed E-state index contributed by atoms with van der Waals surface area (Å²) in [6.07, 6.45) is 0. The minimum absolute atomic E-state index is 0.201. The Labute approximate surface area is 134 Å². The number of hydrogen-bond donors (Lipinski definition) is 2. The first-order valence-corrected chi connectivity index (χ1v) is 8.71. The van der Waals surface area contributed by atoms with Crippen molar-refractivity contribution in [3.8, 4) is 0 Å². The van der Waals surface area contributed by atoms with E-state index in [0.29, 0.717) is 22.7 Å². The Morgan fingerprint density at radius 3 is 2.55 bits per heavy atom. The lowest BCUT2D eigenvalue weighted by atomic mass is 10.3. The molecular formula is C12H12Br2N2O3S. The maximum Gasteiger partial charge on any atom is 0.242 e. The monoisotopic (exact) mass is 422 g/mol. The molecule has 0 amide bonds. The Morgan fingerprint density at radius 2 is 1.95 bits per heavy atom. The van der Waals surface area contributed by atoms with Gasteiger partial charge in [0.25, 0.3) is 0 Å². The van der Waals surface area contributed by atoms with Crippen LogP contribution in [0, 0.1) is 0 Å². The fourth-order valence-electron chi connectivity index (χ4n) is 1.62. The first-order valence-electron chi connectivity index (χ1n) is 5.64. The molecular weight excluding hydrogens is 412 g/mol. The van der Waals surface area contributed by atoms with E-state index in [1.165, 1.54) is 7.05 Å². The number of furan rings is 1. The minimum Gasteiger partial charge on any atom is -0.451 e. The molecule has 0 aliphatic heterocycles. The summed E-state index contributed by atoms with van der Waals surface area (Å²) in [5, 5.41) is 3.06. The molecule has 0 aliphatic rings. The third-order valence-electron chi connectivity index (χ3n) is 2.59. The predicted molar refractivity (Wildman–Crippen MR) is 84.1 cm³/mol. The smallest absolute Gasteiger partial charge is 0.242 e. The third kappa shape index (κ3) is 3.43. The van der Waals surface area contributed by atoms with Crippen LogP contribution < -0.4 is 10.0 Å². The maximum atomic E-state index is 11.9. The molecule has 8 heteroatoms. The van der Waals surface area contributed by atoms with Crippen LogP contribution in [0.4, 0.5) is 5.69 Å². The lowest BCUT2D eigenvalue weighted by Gasteiger charge is -2.10. The fraction of sp³-hybridized carbons (Fsp3) is 0.167. The van der Waals surface area contributed by atoms with Crippen LogP contribution in [0.2, 0.25) is 0 Å². The highest BCUT2D eigenvalue weighted by atomic mass is 79.9. The molecule has 0 atom stereocenters. The second kappa shape index (κ2) is 6.30. The quantitative estimate of drug-likeness (QED) is 0.773. The number of para-hydroxylation sites is 1. The van der Waals surface area contributed by atoms with E-state index in [0.717, 1.165) is 4.47 Å². The molecule has 108 valence electrons. The first-order chi connectivity index (χ1) is 9.44. The normalized spacial score (nSPS) is 11.6. The van der Waals surface area contributed by atoms with Gasteiger partial charge in [0.15, 0.2) is 4.67 Å². The largest absolute Gasteiger partial charge is 0.451 e. The Balaban J connectivity index is 2.22. The summed E-state index contributed by atoms with van der Waals surface area (Å²) >= 11 is 6.58. The molecule has 0 saturated carbocycles. The van der Waals surface area contributed by atoms with E-state index >= 15 is 0 Å². The Morgan fingerprint density at radius 1 is 1.25 bits per heavy atom. The van der Waals surface area contributed by atoms with Gasteiger partial charge in [-0.1, -0.05) is 12.1 Å². The summed E-state index contributed by atoms with van der Waals surface area (Å²) in [4.78, 5) is 0.201. The average molecular weight is 424 g/mol. The van der Waals surface area contributed by atoms with Crippen molar-refractivity contribution in [1.82, 2.24) is 4.72 Å². The topological polar surface area (TPSA) is 71.3 Å². The summed E-state index contributed by atoms with van der Waals surface area (Å²) < 4.78 is 32.9. The van der Waals surface area contributed by atoms with Crippen molar-refractivity contribution >= 4 is 47.6 Å². The van der Waals surface area contributed by atoms with Crippen LogP contribution in [0.25, 0.3) is 0 Å². The maximum absolute atomic E-state index is 11.9. The molecule has 2 N–H and O–H groups in total. The van der Waals surface area contributed by atoms with Crippen LogP contribution in [0.15, 0.2) is 48.8 Å². The van der Waals surface area contributed by atoms with E-state index in [2.05, 4.69) is 41.9 Å². The molecule has 0 fully saturated rings. The van der Waals surface area contributed by atoms with Gasteiger partial charge in [-0.15, -0.1) is 0 Å². The van der Waals surface area contributed by atoms with E-state index in [9.17, 15) is 8.42 Å². The predicted octanol–water partition coefficient (Wildman–Crippen LogP) is 3.32. The molecule has 0 bridgehead atoms. The Bertz CT molecular complexity index is 694. The highest BCUT2D eigenvalue weighted by Crippen LogP contribution is 2.28. The van der Waals surface area contributed by atoms with Crippen molar-refractivity contribution in [3.63, 3.8) is 0 Å². The van der Waals surface area contributed by atoms with Gasteiger partial charge < -0.3 is 9.73 Å². The second-order valence-electron chi connectivity index (χ2n) is 3.89. The van der Waals surface area contributed by atoms with Crippen LogP contribution in [0.1, 0.15) is 5.76 Å². The minimum atomic E-state index is -3.50. The zero-order chi connectivity index (χ0) is 14.8. The Hall–Kier alpha value is -0.830. The van der Waals surface area contributed by atoms with Crippen molar-refractivity contribution in [2.24, 2.45) is 0 Å². The third-order valence-corrected chi connectivity index (χ3v) is 5.78. The molecule has 20 heavy (non-hydrogen) atoms. The number of hydrogen-bond acceptors (Lipinski definition) is 4. The van der Waals surface area contributed by atoms with E-state index < -0.39 is 10.0 Å². The molecule has 0 aliphatic carbocycles. The summed E-state index contributed by atoms with van der Waals surface area (Å²) in [7, 11) is -2.12. The van der Waals surface area contributed by atoms with Crippen LogP contribution in [-0.2, 0) is 16.6 Å². The van der Waals surface area contributed by atoms with Gasteiger partial charge in [0, 0.05) is 0 Å². The lowest BCUT2D eigenvalue weighted by molar-refractivity contribution is 0.494. The standard InChI is InChI=1S/C12H12Br2N2O3S/c1-15-20(17,18)11-5-3-2-4-10(11)16-7-8-6-9(13)12(14)19-8/h2-6,15-16H,7H2,1H3. The van der Waals surface area contributed by atoms with Crippen LogP contribution in [-0.4, -0.2) is 15.5 Å². The molecule has 0 spiro atoms. The fourth-order valence-corrected chi connectivity index (χ4v) is 3.18. The van der Waals surface area contributed by atoms with Crippen molar-refractivity contribution in [1.29, 1.82) is 0 Å². The highest BCUT2D eigenvalue weighted by molar-refractivity contribution is 9.13. The zero-order valence-electron chi connectivity index (χ0n) is 10.5. The van der Waals surface area contributed by atoms with Gasteiger partial charge in [0.2, 0.25) is 10.0 Å². The summed E-state index contributed by atoms with van der Waals surface area (Å²) in [5.41, 5.74) is 0.519. The van der Waals surface area contributed by atoms with Gasteiger partial charge in [-0.3, -0.25) is 0 Å². The van der Waals surface area contributed by atoms with Crippen molar-refractivity contribution in [2.75, 3.05) is 12.4 Å². The summed E-state index contributed by atoms with van der Waals surface area (Å²) in [6, 6.07) is 8.51. The van der Waals surface area contributed by atoms with Gasteiger partial charge in [-0.25, -0.2) is 13.1 Å². The number of nitrogens with one attached hydrogen (secondary N) is 2. The Kier molecular flexibility index (Phi) is 4.90. The number of halogens is 2.